The smallest absolute Gasteiger partial charge is 0.258 e. The van der Waals surface area contributed by atoms with Crippen molar-refractivity contribution in [3.05, 3.63) is 67.1 Å². The molecular weight excluding hydrogens is 474 g/mol. The second kappa shape index (κ2) is 8.54. The van der Waals surface area contributed by atoms with Crippen LogP contribution in [0.25, 0.3) is 10.9 Å². The third kappa shape index (κ3) is 4.59. The van der Waals surface area contributed by atoms with E-state index in [1.165, 1.54) is 5.56 Å². The number of methoxy groups -OCH3 is 1. The van der Waals surface area contributed by atoms with Gasteiger partial charge in [0.15, 0.2) is 0 Å². The first-order valence-corrected chi connectivity index (χ1v) is 10.2. The topological polar surface area (TPSA) is 67.0 Å². The molecule has 1 atom stereocenters. The highest BCUT2D eigenvalue weighted by Gasteiger charge is 2.16. The van der Waals surface area contributed by atoms with Crippen molar-refractivity contribution in [1.29, 1.82) is 0 Å². The molecule has 0 unspecified atom stereocenters. The van der Waals surface area contributed by atoms with Gasteiger partial charge in [0.1, 0.15) is 11.6 Å². The Morgan fingerprint density at radius 3 is 2.52 bits per heavy atom. The van der Waals surface area contributed by atoms with Crippen LogP contribution in [0.5, 0.6) is 5.75 Å². The summed E-state index contributed by atoms with van der Waals surface area (Å²) >= 11 is 6.90. The summed E-state index contributed by atoms with van der Waals surface area (Å²) in [5, 5.41) is 4.07. The third-order valence-electron chi connectivity index (χ3n) is 4.41. The predicted molar refractivity (Wildman–Crippen MR) is 115 cm³/mol. The van der Waals surface area contributed by atoms with Gasteiger partial charge in [0, 0.05) is 15.0 Å². The second-order valence-electron chi connectivity index (χ2n) is 6.67. The Labute approximate surface area is 174 Å². The van der Waals surface area contributed by atoms with Crippen LogP contribution in [0.4, 0.5) is 0 Å². The number of aromatic nitrogens is 2. The maximum absolute atomic E-state index is 12.4. The number of ether oxygens (including phenoxy) is 1. The number of H-pyrrole nitrogens is 1. The number of fused-ring (bicyclic) bond motifs is 1. The second-order valence-corrected chi connectivity index (χ2v) is 8.44. The number of hydrogen-bond donors (Lipinski definition) is 2. The van der Waals surface area contributed by atoms with Crippen molar-refractivity contribution >= 4 is 42.8 Å². The van der Waals surface area contributed by atoms with E-state index in [9.17, 15) is 4.79 Å². The summed E-state index contributed by atoms with van der Waals surface area (Å²) in [5.74, 6) is 1.81. The largest absolute Gasteiger partial charge is 0.497 e. The van der Waals surface area contributed by atoms with Gasteiger partial charge >= 0.3 is 0 Å². The Morgan fingerprint density at radius 2 is 1.89 bits per heavy atom. The Hall–Kier alpha value is -1.70. The first kappa shape index (κ1) is 20.0. The maximum atomic E-state index is 12.4. The average Bonchev–Trinajstić information content (AvgIpc) is 2.63. The van der Waals surface area contributed by atoms with Crippen LogP contribution in [-0.2, 0) is 6.54 Å². The highest BCUT2D eigenvalue weighted by molar-refractivity contribution is 9.11. The minimum absolute atomic E-state index is 0.130. The van der Waals surface area contributed by atoms with E-state index in [0.717, 1.165) is 14.7 Å². The summed E-state index contributed by atoms with van der Waals surface area (Å²) in [6.07, 6.45) is 0. The van der Waals surface area contributed by atoms with Crippen LogP contribution in [0.2, 0.25) is 0 Å². The monoisotopic (exact) mass is 493 g/mol. The van der Waals surface area contributed by atoms with E-state index in [1.807, 2.05) is 18.2 Å². The normalized spacial score (nSPS) is 12.5. The fourth-order valence-corrected chi connectivity index (χ4v) is 4.37. The zero-order valence-electron chi connectivity index (χ0n) is 15.3. The SMILES string of the molecule is COc1ccc([C@@H](NCc2nc3c(Br)cc(Br)cc3c(=O)[nH]2)C(C)C)cc1. The van der Waals surface area contributed by atoms with E-state index in [4.69, 9.17) is 4.74 Å². The van der Waals surface area contributed by atoms with Crippen LogP contribution in [0, 0.1) is 5.92 Å². The Bertz CT molecular complexity index is 1000. The number of aromatic amines is 1. The van der Waals surface area contributed by atoms with Gasteiger partial charge in [0.2, 0.25) is 0 Å². The Balaban J connectivity index is 1.86. The van der Waals surface area contributed by atoms with Gasteiger partial charge in [-0.15, -0.1) is 0 Å². The van der Waals surface area contributed by atoms with Gasteiger partial charge < -0.3 is 15.0 Å². The maximum Gasteiger partial charge on any atom is 0.258 e. The molecule has 0 aliphatic carbocycles. The molecule has 0 fully saturated rings. The lowest BCUT2D eigenvalue weighted by molar-refractivity contribution is 0.401. The molecule has 0 saturated carbocycles. The quantitative estimate of drug-likeness (QED) is 0.509. The number of nitrogens with zero attached hydrogens (tertiary/aromatic N) is 1. The first-order chi connectivity index (χ1) is 12.9. The average molecular weight is 495 g/mol. The van der Waals surface area contributed by atoms with Gasteiger partial charge in [-0.3, -0.25) is 4.79 Å². The molecule has 3 rings (SSSR count). The molecule has 2 aromatic carbocycles. The zero-order valence-corrected chi connectivity index (χ0v) is 18.5. The highest BCUT2D eigenvalue weighted by Crippen LogP contribution is 2.26. The van der Waals surface area contributed by atoms with Gasteiger partial charge in [-0.2, -0.15) is 0 Å². The van der Waals surface area contributed by atoms with Crippen molar-refractivity contribution in [3.8, 4) is 5.75 Å². The predicted octanol–water partition coefficient (Wildman–Crippen LogP) is 4.94. The summed E-state index contributed by atoms with van der Waals surface area (Å²) in [5.41, 5.74) is 1.67. The molecule has 0 radical (unpaired) electrons. The molecule has 27 heavy (non-hydrogen) atoms. The van der Waals surface area contributed by atoms with Crippen LogP contribution in [0.3, 0.4) is 0 Å². The summed E-state index contributed by atoms with van der Waals surface area (Å²) in [7, 11) is 1.66. The fourth-order valence-electron chi connectivity index (χ4n) is 3.05. The summed E-state index contributed by atoms with van der Waals surface area (Å²) < 4.78 is 6.85. The van der Waals surface area contributed by atoms with Crippen molar-refractivity contribution in [2.75, 3.05) is 7.11 Å². The summed E-state index contributed by atoms with van der Waals surface area (Å²) in [4.78, 5) is 19.9. The number of benzene rings is 2. The van der Waals surface area contributed by atoms with E-state index < -0.39 is 0 Å². The fraction of sp³-hybridized carbons (Fsp3) is 0.300. The van der Waals surface area contributed by atoms with Crippen molar-refractivity contribution < 1.29 is 4.74 Å². The lowest BCUT2D eigenvalue weighted by atomic mass is 9.96. The van der Waals surface area contributed by atoms with Crippen molar-refractivity contribution in [3.63, 3.8) is 0 Å². The molecule has 0 saturated heterocycles. The molecule has 1 heterocycles. The van der Waals surface area contributed by atoms with Gasteiger partial charge in [-0.25, -0.2) is 4.98 Å². The van der Waals surface area contributed by atoms with Gasteiger partial charge in [0.05, 0.1) is 24.6 Å². The molecule has 0 amide bonds. The minimum Gasteiger partial charge on any atom is -0.497 e. The standard InChI is InChI=1S/C20H21Br2N3O2/c1-11(2)18(12-4-6-14(27-3)7-5-12)23-10-17-24-19-15(20(26)25-17)8-13(21)9-16(19)22/h4-9,11,18,23H,10H2,1-3H3,(H,24,25,26)/t18-/m0/s1. The van der Waals surface area contributed by atoms with Crippen LogP contribution >= 0.6 is 31.9 Å². The van der Waals surface area contributed by atoms with E-state index in [2.05, 4.69) is 73.1 Å². The van der Waals surface area contributed by atoms with E-state index in [0.29, 0.717) is 29.2 Å². The summed E-state index contributed by atoms with van der Waals surface area (Å²) in [6.45, 7) is 4.78. The van der Waals surface area contributed by atoms with Gasteiger partial charge in [-0.1, -0.05) is 41.9 Å². The van der Waals surface area contributed by atoms with E-state index in [1.54, 1.807) is 13.2 Å². The van der Waals surface area contributed by atoms with Crippen molar-refractivity contribution in [1.82, 2.24) is 15.3 Å². The molecule has 5 nitrogen and oxygen atoms in total. The molecule has 1 aromatic heterocycles. The molecule has 142 valence electrons. The molecule has 0 spiro atoms. The van der Waals surface area contributed by atoms with Gasteiger partial charge in [-0.05, 0) is 51.7 Å². The van der Waals surface area contributed by atoms with Crippen LogP contribution in [-0.4, -0.2) is 17.1 Å². The number of hydrogen-bond acceptors (Lipinski definition) is 4. The molecular formula is C20H21Br2N3O2. The summed E-state index contributed by atoms with van der Waals surface area (Å²) in [6, 6.07) is 11.8. The molecule has 3 aromatic rings. The number of rotatable bonds is 6. The number of nitrogens with one attached hydrogen (secondary N) is 2. The van der Waals surface area contributed by atoms with E-state index >= 15 is 0 Å². The van der Waals surface area contributed by atoms with Crippen LogP contribution < -0.4 is 15.6 Å². The zero-order chi connectivity index (χ0) is 19.6. The Kier molecular flexibility index (Phi) is 6.34. The lowest BCUT2D eigenvalue weighted by Gasteiger charge is -2.23. The van der Waals surface area contributed by atoms with Gasteiger partial charge in [0.25, 0.3) is 5.56 Å². The lowest BCUT2D eigenvalue weighted by Crippen LogP contribution is -2.27. The molecule has 2 N–H and O–H groups in total. The Morgan fingerprint density at radius 1 is 1.19 bits per heavy atom. The van der Waals surface area contributed by atoms with E-state index in [-0.39, 0.29) is 11.6 Å². The third-order valence-corrected chi connectivity index (χ3v) is 5.47. The minimum atomic E-state index is -0.149. The van der Waals surface area contributed by atoms with Crippen molar-refractivity contribution in [2.24, 2.45) is 5.92 Å². The highest BCUT2D eigenvalue weighted by atomic mass is 79.9. The molecule has 0 bridgehead atoms. The van der Waals surface area contributed by atoms with Crippen LogP contribution in [0.15, 0.2) is 50.1 Å². The first-order valence-electron chi connectivity index (χ1n) is 8.64. The van der Waals surface area contributed by atoms with Crippen molar-refractivity contribution in [2.45, 2.75) is 26.4 Å². The van der Waals surface area contributed by atoms with Crippen LogP contribution in [0.1, 0.15) is 31.3 Å². The molecule has 7 heteroatoms. The molecule has 0 aliphatic rings. The molecule has 0 aliphatic heterocycles. The number of halogens is 2.